The molecule has 0 bridgehead atoms. The maximum atomic E-state index is 13.7. The second-order valence-corrected chi connectivity index (χ2v) is 11.0. The Hall–Kier alpha value is -3.35. The average Bonchev–Trinajstić information content (AvgIpc) is 2.83. The van der Waals surface area contributed by atoms with E-state index in [2.05, 4.69) is 11.4 Å². The van der Waals surface area contributed by atoms with E-state index >= 15 is 0 Å². The van der Waals surface area contributed by atoms with Gasteiger partial charge in [-0.05, 0) is 70.2 Å². The molecule has 1 N–H and O–H groups in total. The molecule has 0 aliphatic carbocycles. The number of nitrogens with one attached hydrogen (secondary N) is 1. The average molecular weight is 492 g/mol. The van der Waals surface area contributed by atoms with E-state index in [9.17, 15) is 14.4 Å². The van der Waals surface area contributed by atoms with Crippen LogP contribution in [0.25, 0.3) is 0 Å². The van der Waals surface area contributed by atoms with Gasteiger partial charge in [0.15, 0.2) is 0 Å². The van der Waals surface area contributed by atoms with Crippen molar-refractivity contribution in [2.45, 2.75) is 72.1 Å². The van der Waals surface area contributed by atoms with Crippen molar-refractivity contribution in [1.82, 2.24) is 9.80 Å². The number of rotatable bonds is 3. The largest absolute Gasteiger partial charge is 0.444 e. The summed E-state index contributed by atoms with van der Waals surface area (Å²) in [5, 5.41) is 3.06. The van der Waals surface area contributed by atoms with Crippen LogP contribution in [0.5, 0.6) is 0 Å². The summed E-state index contributed by atoms with van der Waals surface area (Å²) >= 11 is 0. The summed E-state index contributed by atoms with van der Waals surface area (Å²) in [6.07, 6.45) is 1.18. The molecule has 3 amide bonds. The van der Waals surface area contributed by atoms with E-state index in [1.807, 2.05) is 71.0 Å². The minimum Gasteiger partial charge on any atom is -0.444 e. The molecular formula is C29H37N3O4. The van der Waals surface area contributed by atoms with Crippen LogP contribution in [0.3, 0.4) is 0 Å². The number of carbonyl (C=O) groups is 3. The minimum absolute atomic E-state index is 0.00368. The topological polar surface area (TPSA) is 79.0 Å². The van der Waals surface area contributed by atoms with E-state index in [0.29, 0.717) is 38.9 Å². The third kappa shape index (κ3) is 5.89. The molecule has 1 saturated heterocycles. The van der Waals surface area contributed by atoms with Gasteiger partial charge < -0.3 is 15.0 Å². The molecule has 2 aromatic carbocycles. The lowest BCUT2D eigenvalue weighted by molar-refractivity contribution is -0.140. The van der Waals surface area contributed by atoms with Crippen LogP contribution in [-0.4, -0.2) is 52.4 Å². The molecule has 0 saturated carbocycles. The van der Waals surface area contributed by atoms with Crippen molar-refractivity contribution in [2.24, 2.45) is 5.92 Å². The Labute approximate surface area is 213 Å². The highest BCUT2D eigenvalue weighted by atomic mass is 16.6. The second kappa shape index (κ2) is 10.3. The number of anilines is 1. The molecule has 1 fully saturated rings. The Balaban J connectivity index is 1.42. The quantitative estimate of drug-likeness (QED) is 0.666. The Morgan fingerprint density at radius 3 is 2.28 bits per heavy atom. The SMILES string of the molecule is Cc1ccc(NC(=O)C2CCN(C(=O)[C@@H]3Cc4ccccc4CN3C(=O)OC(C)(C)C)CC2)c(C)c1. The first-order valence-corrected chi connectivity index (χ1v) is 12.7. The first kappa shape index (κ1) is 25.7. The third-order valence-corrected chi connectivity index (χ3v) is 6.98. The number of hydrogen-bond donors (Lipinski definition) is 1. The third-order valence-electron chi connectivity index (χ3n) is 6.98. The first-order valence-electron chi connectivity index (χ1n) is 12.7. The fraction of sp³-hybridized carbons (Fsp3) is 0.483. The molecule has 36 heavy (non-hydrogen) atoms. The highest BCUT2D eigenvalue weighted by Crippen LogP contribution is 2.28. The zero-order chi connectivity index (χ0) is 26.0. The Kier molecular flexibility index (Phi) is 7.38. The number of nitrogens with zero attached hydrogens (tertiary/aromatic N) is 2. The van der Waals surface area contributed by atoms with E-state index in [1.165, 1.54) is 0 Å². The monoisotopic (exact) mass is 491 g/mol. The highest BCUT2D eigenvalue weighted by molar-refractivity contribution is 5.93. The number of amides is 3. The Morgan fingerprint density at radius 2 is 1.64 bits per heavy atom. The van der Waals surface area contributed by atoms with E-state index in [-0.39, 0.29) is 17.7 Å². The number of carbonyl (C=O) groups excluding carboxylic acids is 3. The van der Waals surface area contributed by atoms with Gasteiger partial charge in [-0.1, -0.05) is 42.0 Å². The van der Waals surface area contributed by atoms with Crippen molar-refractivity contribution in [3.8, 4) is 0 Å². The van der Waals surface area contributed by atoms with Gasteiger partial charge in [0.05, 0.1) is 6.54 Å². The molecule has 1 atom stereocenters. The first-order chi connectivity index (χ1) is 17.0. The van der Waals surface area contributed by atoms with Crippen molar-refractivity contribution < 1.29 is 19.1 Å². The number of piperidine rings is 1. The lowest BCUT2D eigenvalue weighted by Crippen LogP contribution is -2.56. The number of aryl methyl sites for hydroxylation is 2. The number of benzene rings is 2. The fourth-order valence-electron chi connectivity index (χ4n) is 5.02. The molecular weight excluding hydrogens is 454 g/mol. The predicted octanol–water partition coefficient (Wildman–Crippen LogP) is 4.84. The number of fused-ring (bicyclic) bond motifs is 1. The molecule has 7 heteroatoms. The molecule has 0 aromatic heterocycles. The molecule has 0 unspecified atom stereocenters. The molecule has 2 heterocycles. The van der Waals surface area contributed by atoms with Crippen LogP contribution < -0.4 is 5.32 Å². The van der Waals surface area contributed by atoms with E-state index in [1.54, 1.807) is 9.80 Å². The molecule has 2 aliphatic rings. The van der Waals surface area contributed by atoms with Crippen LogP contribution in [0.15, 0.2) is 42.5 Å². The molecule has 2 aromatic rings. The van der Waals surface area contributed by atoms with Crippen LogP contribution >= 0.6 is 0 Å². The standard InChI is InChI=1S/C29H37N3O4/c1-19-10-11-24(20(2)16-19)30-26(33)21-12-14-31(15-13-21)27(34)25-17-22-8-6-7-9-23(22)18-32(25)28(35)36-29(3,4)5/h6-11,16,21,25H,12-15,17-18H2,1-5H3,(H,30,33)/t25-/m0/s1. The van der Waals surface area contributed by atoms with Gasteiger partial charge in [-0.25, -0.2) is 4.79 Å². The zero-order valence-corrected chi connectivity index (χ0v) is 22.0. The van der Waals surface area contributed by atoms with Crippen molar-refractivity contribution >= 4 is 23.6 Å². The normalized spacial score (nSPS) is 18.4. The molecule has 192 valence electrons. The summed E-state index contributed by atoms with van der Waals surface area (Å²) in [6.45, 7) is 10.8. The van der Waals surface area contributed by atoms with Gasteiger partial charge >= 0.3 is 6.09 Å². The Bertz CT molecular complexity index is 1150. The van der Waals surface area contributed by atoms with Crippen LogP contribution in [0.2, 0.25) is 0 Å². The van der Waals surface area contributed by atoms with Crippen LogP contribution in [-0.2, 0) is 27.3 Å². The van der Waals surface area contributed by atoms with Crippen molar-refractivity contribution in [3.05, 3.63) is 64.7 Å². The lowest BCUT2D eigenvalue weighted by Gasteiger charge is -2.40. The summed E-state index contributed by atoms with van der Waals surface area (Å²) in [4.78, 5) is 43.0. The van der Waals surface area contributed by atoms with Crippen molar-refractivity contribution in [3.63, 3.8) is 0 Å². The Morgan fingerprint density at radius 1 is 0.972 bits per heavy atom. The molecule has 0 spiro atoms. The van der Waals surface area contributed by atoms with E-state index in [4.69, 9.17) is 4.74 Å². The van der Waals surface area contributed by atoms with Gasteiger partial charge in [-0.3, -0.25) is 14.5 Å². The predicted molar refractivity (Wildman–Crippen MR) is 140 cm³/mol. The molecule has 4 rings (SSSR count). The van der Waals surface area contributed by atoms with E-state index < -0.39 is 17.7 Å². The van der Waals surface area contributed by atoms with Gasteiger partial charge in [-0.15, -0.1) is 0 Å². The van der Waals surface area contributed by atoms with Gasteiger partial charge in [-0.2, -0.15) is 0 Å². The summed E-state index contributed by atoms with van der Waals surface area (Å²) in [6, 6.07) is 13.3. The summed E-state index contributed by atoms with van der Waals surface area (Å²) in [5.41, 5.74) is 4.49. The van der Waals surface area contributed by atoms with Gasteiger partial charge in [0.1, 0.15) is 11.6 Å². The van der Waals surface area contributed by atoms with Crippen LogP contribution in [0.1, 0.15) is 55.9 Å². The van der Waals surface area contributed by atoms with Crippen molar-refractivity contribution in [2.75, 3.05) is 18.4 Å². The maximum Gasteiger partial charge on any atom is 0.411 e. The van der Waals surface area contributed by atoms with E-state index in [0.717, 1.165) is 27.9 Å². The molecule has 2 aliphatic heterocycles. The van der Waals surface area contributed by atoms with Gasteiger partial charge in [0.2, 0.25) is 11.8 Å². The number of hydrogen-bond acceptors (Lipinski definition) is 4. The summed E-state index contributed by atoms with van der Waals surface area (Å²) < 4.78 is 5.65. The number of ether oxygens (including phenoxy) is 1. The lowest BCUT2D eigenvalue weighted by atomic mass is 9.91. The minimum atomic E-state index is -0.650. The zero-order valence-electron chi connectivity index (χ0n) is 22.0. The van der Waals surface area contributed by atoms with Crippen molar-refractivity contribution in [1.29, 1.82) is 0 Å². The maximum absolute atomic E-state index is 13.7. The second-order valence-electron chi connectivity index (χ2n) is 11.0. The molecule has 0 radical (unpaired) electrons. The van der Waals surface area contributed by atoms with Gasteiger partial charge in [0, 0.05) is 31.1 Å². The molecule has 7 nitrogen and oxygen atoms in total. The smallest absolute Gasteiger partial charge is 0.411 e. The summed E-state index contributed by atoms with van der Waals surface area (Å²) in [5.74, 6) is -0.233. The highest BCUT2D eigenvalue weighted by Gasteiger charge is 2.40. The fourth-order valence-corrected chi connectivity index (χ4v) is 5.02. The van der Waals surface area contributed by atoms with Crippen LogP contribution in [0.4, 0.5) is 10.5 Å². The summed E-state index contributed by atoms with van der Waals surface area (Å²) in [7, 11) is 0. The number of likely N-dealkylation sites (tertiary alicyclic amines) is 1. The van der Waals surface area contributed by atoms with Gasteiger partial charge in [0.25, 0.3) is 0 Å². The van der Waals surface area contributed by atoms with Crippen LogP contribution in [0, 0.1) is 19.8 Å².